The van der Waals surface area contributed by atoms with Gasteiger partial charge in [-0.1, -0.05) is 26.0 Å². The molecule has 0 spiro atoms. The number of aliphatic carboxylic acids is 1. The third kappa shape index (κ3) is 3.96. The zero-order chi connectivity index (χ0) is 14.6. The lowest BCUT2D eigenvalue weighted by Crippen LogP contribution is -2.23. The van der Waals surface area contributed by atoms with E-state index in [9.17, 15) is 4.79 Å². The van der Waals surface area contributed by atoms with Gasteiger partial charge in [0.25, 0.3) is 0 Å². The molecule has 0 bridgehead atoms. The normalized spacial score (nSPS) is 12.8. The largest absolute Gasteiger partial charge is 0.496 e. The molecule has 19 heavy (non-hydrogen) atoms. The second-order valence-electron chi connectivity index (χ2n) is 5.23. The molecular weight excluding hydrogens is 242 g/mol. The van der Waals surface area contributed by atoms with Gasteiger partial charge in [-0.2, -0.15) is 0 Å². The highest BCUT2D eigenvalue weighted by molar-refractivity contribution is 5.68. The number of carboxylic acid groups (broad SMARTS) is 1. The highest BCUT2D eigenvalue weighted by Crippen LogP contribution is 2.33. The van der Waals surface area contributed by atoms with E-state index in [2.05, 4.69) is 13.8 Å². The third-order valence-corrected chi connectivity index (χ3v) is 3.27. The molecule has 106 valence electrons. The van der Waals surface area contributed by atoms with E-state index >= 15 is 0 Å². The Kier molecular flexibility index (Phi) is 5.36. The van der Waals surface area contributed by atoms with Crippen LogP contribution in [-0.4, -0.2) is 37.2 Å². The molecule has 4 nitrogen and oxygen atoms in total. The minimum absolute atomic E-state index is 0.0599. The maximum absolute atomic E-state index is 11.0. The van der Waals surface area contributed by atoms with Gasteiger partial charge in [0, 0.05) is 11.6 Å². The van der Waals surface area contributed by atoms with Gasteiger partial charge in [-0.05, 0) is 31.6 Å². The third-order valence-electron chi connectivity index (χ3n) is 3.27. The summed E-state index contributed by atoms with van der Waals surface area (Å²) in [5, 5.41) is 9.03. The number of carboxylic acids is 1. The minimum Gasteiger partial charge on any atom is -0.496 e. The molecule has 1 rings (SSSR count). The smallest absolute Gasteiger partial charge is 0.305 e. The summed E-state index contributed by atoms with van der Waals surface area (Å²) in [5.74, 6) is 0.361. The molecule has 0 saturated heterocycles. The number of rotatable bonds is 6. The van der Waals surface area contributed by atoms with Crippen LogP contribution in [0.15, 0.2) is 18.2 Å². The van der Waals surface area contributed by atoms with E-state index in [1.165, 1.54) is 5.56 Å². The monoisotopic (exact) mass is 265 g/mol. The van der Waals surface area contributed by atoms with E-state index < -0.39 is 5.97 Å². The van der Waals surface area contributed by atoms with Crippen molar-refractivity contribution in [3.05, 3.63) is 29.3 Å². The van der Waals surface area contributed by atoms with Crippen molar-refractivity contribution in [3.8, 4) is 5.75 Å². The fourth-order valence-corrected chi connectivity index (χ4v) is 2.10. The second-order valence-corrected chi connectivity index (χ2v) is 5.23. The van der Waals surface area contributed by atoms with Gasteiger partial charge in [-0.15, -0.1) is 0 Å². The van der Waals surface area contributed by atoms with E-state index in [0.717, 1.165) is 11.3 Å². The summed E-state index contributed by atoms with van der Waals surface area (Å²) < 4.78 is 5.43. The van der Waals surface area contributed by atoms with E-state index in [1.54, 1.807) is 7.11 Å². The lowest BCUT2D eigenvalue weighted by Gasteiger charge is -2.25. The standard InChI is InChI=1S/C15H23NO3/c1-10(2)11-6-7-12(14(8-11)19-5)13(16(3)4)9-15(17)18/h6-8,10,13H,9H2,1-5H3,(H,17,18). The highest BCUT2D eigenvalue weighted by Gasteiger charge is 2.21. The average Bonchev–Trinajstić information content (AvgIpc) is 2.34. The van der Waals surface area contributed by atoms with Crippen LogP contribution in [0.5, 0.6) is 5.75 Å². The molecule has 0 radical (unpaired) electrons. The molecule has 1 N–H and O–H groups in total. The first-order valence-electron chi connectivity index (χ1n) is 6.42. The first-order chi connectivity index (χ1) is 8.86. The summed E-state index contributed by atoms with van der Waals surface area (Å²) in [6.45, 7) is 4.24. The Bertz CT molecular complexity index is 441. The predicted octanol–water partition coefficient (Wildman–Crippen LogP) is 2.90. The maximum Gasteiger partial charge on any atom is 0.305 e. The van der Waals surface area contributed by atoms with E-state index in [0.29, 0.717) is 5.92 Å². The first-order valence-corrected chi connectivity index (χ1v) is 6.42. The topological polar surface area (TPSA) is 49.8 Å². The number of nitrogens with zero attached hydrogens (tertiary/aromatic N) is 1. The summed E-state index contributed by atoms with van der Waals surface area (Å²) in [6.07, 6.45) is 0.0599. The molecule has 4 heteroatoms. The molecule has 1 unspecified atom stereocenters. The zero-order valence-corrected chi connectivity index (χ0v) is 12.3. The van der Waals surface area contributed by atoms with Crippen LogP contribution in [0.25, 0.3) is 0 Å². The van der Waals surface area contributed by atoms with Crippen molar-refractivity contribution in [2.75, 3.05) is 21.2 Å². The van der Waals surface area contributed by atoms with Gasteiger partial charge in [-0.25, -0.2) is 0 Å². The van der Waals surface area contributed by atoms with Gasteiger partial charge >= 0.3 is 5.97 Å². The van der Waals surface area contributed by atoms with Crippen molar-refractivity contribution in [1.29, 1.82) is 0 Å². The highest BCUT2D eigenvalue weighted by atomic mass is 16.5. The van der Waals surface area contributed by atoms with Gasteiger partial charge in [0.15, 0.2) is 0 Å². The zero-order valence-electron chi connectivity index (χ0n) is 12.3. The lowest BCUT2D eigenvalue weighted by atomic mass is 9.96. The Labute approximate surface area is 115 Å². The van der Waals surface area contributed by atoms with Crippen molar-refractivity contribution < 1.29 is 14.6 Å². The number of ether oxygens (including phenoxy) is 1. The Morgan fingerprint density at radius 2 is 2.00 bits per heavy atom. The molecule has 0 heterocycles. The fraction of sp³-hybridized carbons (Fsp3) is 0.533. The molecule has 0 amide bonds. The Morgan fingerprint density at radius 3 is 2.42 bits per heavy atom. The van der Waals surface area contributed by atoms with E-state index in [4.69, 9.17) is 9.84 Å². The molecular formula is C15H23NO3. The average molecular weight is 265 g/mol. The molecule has 1 aromatic carbocycles. The quantitative estimate of drug-likeness (QED) is 0.859. The summed E-state index contributed by atoms with van der Waals surface area (Å²) >= 11 is 0. The number of hydrogen-bond acceptors (Lipinski definition) is 3. The Hall–Kier alpha value is -1.55. The minimum atomic E-state index is -0.811. The summed E-state index contributed by atoms with van der Waals surface area (Å²) in [6, 6.07) is 5.83. The van der Waals surface area contributed by atoms with Gasteiger partial charge in [0.2, 0.25) is 0 Å². The van der Waals surface area contributed by atoms with Crippen LogP contribution < -0.4 is 4.74 Å². The van der Waals surface area contributed by atoms with Crippen LogP contribution in [0.2, 0.25) is 0 Å². The van der Waals surface area contributed by atoms with Crippen molar-refractivity contribution in [2.24, 2.45) is 0 Å². The molecule has 0 aliphatic carbocycles. The summed E-state index contributed by atoms with van der Waals surface area (Å²) in [5.41, 5.74) is 2.10. The molecule has 0 saturated carbocycles. The number of hydrogen-bond donors (Lipinski definition) is 1. The van der Waals surface area contributed by atoms with Crippen molar-refractivity contribution >= 4 is 5.97 Å². The van der Waals surface area contributed by atoms with Crippen molar-refractivity contribution in [1.82, 2.24) is 4.90 Å². The maximum atomic E-state index is 11.0. The summed E-state index contributed by atoms with van der Waals surface area (Å²) in [4.78, 5) is 12.9. The predicted molar refractivity (Wildman–Crippen MR) is 75.8 cm³/mol. The van der Waals surface area contributed by atoms with Crippen LogP contribution in [0, 0.1) is 0 Å². The molecule has 0 aliphatic heterocycles. The van der Waals surface area contributed by atoms with Crippen LogP contribution in [0.3, 0.4) is 0 Å². The molecule has 1 atom stereocenters. The van der Waals surface area contributed by atoms with E-state index in [-0.39, 0.29) is 12.5 Å². The Balaban J connectivity index is 3.19. The number of methoxy groups -OCH3 is 1. The molecule has 0 aromatic heterocycles. The Morgan fingerprint density at radius 1 is 1.37 bits per heavy atom. The first kappa shape index (κ1) is 15.5. The van der Waals surface area contributed by atoms with Gasteiger partial charge in [0.05, 0.1) is 13.5 Å². The molecule has 0 fully saturated rings. The molecule has 1 aromatic rings. The van der Waals surface area contributed by atoms with Crippen LogP contribution in [-0.2, 0) is 4.79 Å². The van der Waals surface area contributed by atoms with Gasteiger partial charge in [-0.3, -0.25) is 4.79 Å². The van der Waals surface area contributed by atoms with Gasteiger partial charge in [0.1, 0.15) is 5.75 Å². The fourth-order valence-electron chi connectivity index (χ4n) is 2.10. The van der Waals surface area contributed by atoms with Crippen LogP contribution in [0.4, 0.5) is 0 Å². The van der Waals surface area contributed by atoms with Gasteiger partial charge < -0.3 is 14.7 Å². The van der Waals surface area contributed by atoms with Crippen molar-refractivity contribution in [3.63, 3.8) is 0 Å². The second kappa shape index (κ2) is 6.57. The lowest BCUT2D eigenvalue weighted by molar-refractivity contribution is -0.138. The number of benzene rings is 1. The number of carbonyl (C=O) groups is 1. The van der Waals surface area contributed by atoms with E-state index in [1.807, 2.05) is 37.2 Å². The van der Waals surface area contributed by atoms with Crippen LogP contribution in [0.1, 0.15) is 43.4 Å². The SMILES string of the molecule is COc1cc(C(C)C)ccc1C(CC(=O)O)N(C)C. The van der Waals surface area contributed by atoms with Crippen LogP contribution >= 0.6 is 0 Å². The summed E-state index contributed by atoms with van der Waals surface area (Å²) in [7, 11) is 5.38. The van der Waals surface area contributed by atoms with Crippen molar-refractivity contribution in [2.45, 2.75) is 32.2 Å². The molecule has 0 aliphatic rings.